The maximum absolute atomic E-state index is 13.5. The molecule has 0 aromatic heterocycles. The van der Waals surface area contributed by atoms with Gasteiger partial charge in [0.2, 0.25) is 15.9 Å². The quantitative estimate of drug-likeness (QED) is 0.632. The second kappa shape index (κ2) is 9.04. The molecule has 9 nitrogen and oxygen atoms in total. The van der Waals surface area contributed by atoms with Gasteiger partial charge in [-0.3, -0.25) is 4.79 Å². The Morgan fingerprint density at radius 1 is 0.941 bits per heavy atom. The van der Waals surface area contributed by atoms with Crippen LogP contribution < -0.4 is 0 Å². The molecule has 2 aliphatic rings. The second-order valence-corrected chi connectivity index (χ2v) is 12.6. The van der Waals surface area contributed by atoms with Crippen molar-refractivity contribution >= 4 is 26.0 Å². The number of aliphatic hydroxyl groups excluding tert-OH is 1. The molecule has 2 unspecified atom stereocenters. The molecule has 2 aromatic carbocycles. The maximum atomic E-state index is 13.5. The van der Waals surface area contributed by atoms with E-state index in [1.807, 2.05) is 0 Å². The minimum absolute atomic E-state index is 0.00201. The number of hydrogen-bond donors (Lipinski definition) is 1. The largest absolute Gasteiger partial charge is 0.391 e. The fourth-order valence-electron chi connectivity index (χ4n) is 4.65. The number of ether oxygens (including phenoxy) is 1. The third kappa shape index (κ3) is 4.27. The molecule has 4 rings (SSSR count). The molecule has 2 aliphatic heterocycles. The van der Waals surface area contributed by atoms with Crippen molar-refractivity contribution in [3.8, 4) is 0 Å². The molecule has 2 saturated heterocycles. The van der Waals surface area contributed by atoms with Crippen molar-refractivity contribution in [3.63, 3.8) is 0 Å². The lowest BCUT2D eigenvalue weighted by Gasteiger charge is -2.39. The summed E-state index contributed by atoms with van der Waals surface area (Å²) in [7, 11) is -8.18. The molecule has 184 valence electrons. The van der Waals surface area contributed by atoms with Crippen LogP contribution in [0, 0.1) is 5.92 Å². The highest BCUT2D eigenvalue weighted by Crippen LogP contribution is 2.38. The van der Waals surface area contributed by atoms with E-state index >= 15 is 0 Å². The first-order valence-corrected chi connectivity index (χ1v) is 13.9. The van der Waals surface area contributed by atoms with Crippen molar-refractivity contribution < 1.29 is 31.5 Å². The molecule has 0 radical (unpaired) electrons. The van der Waals surface area contributed by atoms with Gasteiger partial charge in [-0.05, 0) is 51.0 Å². The van der Waals surface area contributed by atoms with E-state index in [1.54, 1.807) is 50.2 Å². The van der Waals surface area contributed by atoms with Gasteiger partial charge < -0.3 is 9.84 Å². The Bertz CT molecular complexity index is 1250. The van der Waals surface area contributed by atoms with E-state index in [4.69, 9.17) is 4.74 Å². The number of hydrogen-bond acceptors (Lipinski definition) is 7. The molecule has 1 amide bonds. The van der Waals surface area contributed by atoms with E-state index in [-0.39, 0.29) is 29.4 Å². The average Bonchev–Trinajstić information content (AvgIpc) is 3.15. The highest BCUT2D eigenvalue weighted by Gasteiger charge is 2.54. The van der Waals surface area contributed by atoms with Gasteiger partial charge in [-0.25, -0.2) is 21.1 Å². The van der Waals surface area contributed by atoms with E-state index in [9.17, 15) is 26.7 Å². The van der Waals surface area contributed by atoms with Gasteiger partial charge in [0, 0.05) is 6.54 Å². The number of nitrogens with zero attached hydrogens (tertiary/aromatic N) is 2. The predicted molar refractivity (Wildman–Crippen MR) is 123 cm³/mol. The molecule has 2 fully saturated rings. The highest BCUT2D eigenvalue weighted by molar-refractivity contribution is 7.89. The summed E-state index contributed by atoms with van der Waals surface area (Å²) >= 11 is 0. The summed E-state index contributed by atoms with van der Waals surface area (Å²) < 4.78 is 60.8. The van der Waals surface area contributed by atoms with Gasteiger partial charge in [-0.15, -0.1) is 0 Å². The Hall–Kier alpha value is -2.31. The summed E-state index contributed by atoms with van der Waals surface area (Å²) in [5, 5.41) is 11.3. The summed E-state index contributed by atoms with van der Waals surface area (Å²) in [5.41, 5.74) is -1.27. The number of benzene rings is 2. The number of carbonyl (C=O) groups excluding carboxylic acids is 1. The van der Waals surface area contributed by atoms with Crippen LogP contribution >= 0.6 is 0 Å². The van der Waals surface area contributed by atoms with Gasteiger partial charge in [-0.1, -0.05) is 36.4 Å². The lowest BCUT2D eigenvalue weighted by atomic mass is 9.89. The number of carbonyl (C=O) groups is 1. The number of aliphatic hydroxyl groups is 1. The fourth-order valence-corrected chi connectivity index (χ4v) is 8.05. The third-order valence-electron chi connectivity index (χ3n) is 6.32. The molecule has 0 spiro atoms. The number of rotatable bonds is 6. The standard InChI is InChI=1S/C23H28N2O7S2/c1-23(2)25(34(30,31)18-12-7-4-8-13-18)20(16-32-23)21(26)19-14-9-15-24(22(19)27)33(28,29)17-10-5-3-6-11-17/h3-8,10-13,19-21,26H,9,14-16H2,1-2H3/t19?,20-,21?/m0/s1. The van der Waals surface area contributed by atoms with E-state index in [0.717, 1.165) is 8.61 Å². The fraction of sp³-hybridized carbons (Fsp3) is 0.435. The molecular weight excluding hydrogens is 480 g/mol. The van der Waals surface area contributed by atoms with Crippen LogP contribution in [0.15, 0.2) is 70.5 Å². The molecule has 34 heavy (non-hydrogen) atoms. The van der Waals surface area contributed by atoms with Crippen LogP contribution in [0.1, 0.15) is 26.7 Å². The van der Waals surface area contributed by atoms with E-state index in [0.29, 0.717) is 6.42 Å². The Kier molecular flexibility index (Phi) is 6.60. The molecule has 1 N–H and O–H groups in total. The van der Waals surface area contributed by atoms with Crippen molar-refractivity contribution in [1.82, 2.24) is 8.61 Å². The Morgan fingerprint density at radius 2 is 1.47 bits per heavy atom. The van der Waals surface area contributed by atoms with Crippen molar-refractivity contribution in [2.75, 3.05) is 13.2 Å². The van der Waals surface area contributed by atoms with Gasteiger partial charge in [0.25, 0.3) is 10.0 Å². The molecule has 2 heterocycles. The molecule has 0 aliphatic carbocycles. The van der Waals surface area contributed by atoms with Crippen LogP contribution in [-0.2, 0) is 29.6 Å². The average molecular weight is 509 g/mol. The minimum atomic E-state index is -4.10. The summed E-state index contributed by atoms with van der Waals surface area (Å²) in [6, 6.07) is 14.4. The molecular formula is C23H28N2O7S2. The van der Waals surface area contributed by atoms with Crippen LogP contribution in [-0.4, -0.2) is 67.5 Å². The predicted octanol–water partition coefficient (Wildman–Crippen LogP) is 1.80. The summed E-state index contributed by atoms with van der Waals surface area (Å²) in [4.78, 5) is 13.3. The smallest absolute Gasteiger partial charge is 0.266 e. The Morgan fingerprint density at radius 3 is 2.03 bits per heavy atom. The summed E-state index contributed by atoms with van der Waals surface area (Å²) in [6.07, 6.45) is -0.875. The lowest BCUT2D eigenvalue weighted by molar-refractivity contribution is -0.138. The minimum Gasteiger partial charge on any atom is -0.391 e. The zero-order chi connectivity index (χ0) is 24.7. The van der Waals surface area contributed by atoms with Crippen molar-refractivity contribution in [1.29, 1.82) is 0 Å². The Balaban J connectivity index is 1.65. The normalized spacial score (nSPS) is 24.8. The van der Waals surface area contributed by atoms with Gasteiger partial charge in [0.05, 0.1) is 34.5 Å². The maximum Gasteiger partial charge on any atom is 0.266 e. The van der Waals surface area contributed by atoms with Crippen molar-refractivity contribution in [2.24, 2.45) is 5.92 Å². The zero-order valence-electron chi connectivity index (χ0n) is 18.9. The number of piperidine rings is 1. The topological polar surface area (TPSA) is 121 Å². The van der Waals surface area contributed by atoms with E-state index in [2.05, 4.69) is 0 Å². The lowest BCUT2D eigenvalue weighted by Crippen LogP contribution is -2.57. The number of sulfonamides is 2. The molecule has 11 heteroatoms. The first kappa shape index (κ1) is 24.8. The van der Waals surface area contributed by atoms with Gasteiger partial charge >= 0.3 is 0 Å². The van der Waals surface area contributed by atoms with Crippen LogP contribution in [0.4, 0.5) is 0 Å². The van der Waals surface area contributed by atoms with Crippen LogP contribution in [0.3, 0.4) is 0 Å². The van der Waals surface area contributed by atoms with E-state index < -0.39 is 49.7 Å². The SMILES string of the molecule is CC1(C)OC[C@@H](C(O)C2CCCN(S(=O)(=O)c3ccccc3)C2=O)N1S(=O)(=O)c1ccccc1. The first-order chi connectivity index (χ1) is 16.0. The van der Waals surface area contributed by atoms with Crippen molar-refractivity contribution in [2.45, 2.75) is 54.4 Å². The van der Waals surface area contributed by atoms with Gasteiger partial charge in [0.1, 0.15) is 5.72 Å². The van der Waals surface area contributed by atoms with Crippen LogP contribution in [0.2, 0.25) is 0 Å². The molecule has 2 aromatic rings. The second-order valence-electron chi connectivity index (χ2n) is 8.91. The Labute approximate surface area is 200 Å². The van der Waals surface area contributed by atoms with Gasteiger partial charge in [-0.2, -0.15) is 4.31 Å². The van der Waals surface area contributed by atoms with E-state index in [1.165, 1.54) is 24.3 Å². The van der Waals surface area contributed by atoms with Gasteiger partial charge in [0.15, 0.2) is 0 Å². The highest BCUT2D eigenvalue weighted by atomic mass is 32.2. The van der Waals surface area contributed by atoms with Crippen molar-refractivity contribution in [3.05, 3.63) is 60.7 Å². The molecule has 3 atom stereocenters. The van der Waals surface area contributed by atoms with Crippen LogP contribution in [0.5, 0.6) is 0 Å². The first-order valence-electron chi connectivity index (χ1n) is 11.0. The third-order valence-corrected chi connectivity index (χ3v) is 10.2. The molecule has 0 saturated carbocycles. The van der Waals surface area contributed by atoms with Crippen LogP contribution in [0.25, 0.3) is 0 Å². The molecule has 0 bridgehead atoms. The summed E-state index contributed by atoms with van der Waals surface area (Å²) in [5.74, 6) is -1.84. The number of amides is 1. The summed E-state index contributed by atoms with van der Waals surface area (Å²) in [6.45, 7) is 3.03. The zero-order valence-corrected chi connectivity index (χ0v) is 20.6. The monoisotopic (exact) mass is 508 g/mol.